The molecule has 0 heterocycles. The molecule has 3 aromatic carbocycles. The molecule has 4 heteroatoms. The summed E-state index contributed by atoms with van der Waals surface area (Å²) in [6.07, 6.45) is -1.08. The van der Waals surface area contributed by atoms with Crippen molar-refractivity contribution >= 4 is 11.8 Å². The van der Waals surface area contributed by atoms with Gasteiger partial charge in [0, 0.05) is 5.56 Å². The minimum Gasteiger partial charge on any atom is -0.478 e. The zero-order valence-corrected chi connectivity index (χ0v) is 14.4. The van der Waals surface area contributed by atoms with E-state index >= 15 is 0 Å². The molecule has 3 rings (SSSR count). The minimum atomic E-state index is -1.08. The third-order valence-corrected chi connectivity index (χ3v) is 3.80. The van der Waals surface area contributed by atoms with Crippen LogP contribution in [0.25, 0.3) is 0 Å². The SMILES string of the molecule is Cc1ccccc1C(=O)O.O=C(c1ccccc1)C(O)c1ccccc1. The van der Waals surface area contributed by atoms with Gasteiger partial charge in [-0.15, -0.1) is 0 Å². The molecule has 1 unspecified atom stereocenters. The Morgan fingerprint density at radius 3 is 1.77 bits per heavy atom. The van der Waals surface area contributed by atoms with Crippen LogP contribution in [0.4, 0.5) is 0 Å². The van der Waals surface area contributed by atoms with E-state index in [-0.39, 0.29) is 5.78 Å². The first kappa shape index (κ1) is 19.1. The fourth-order valence-corrected chi connectivity index (χ4v) is 2.36. The first-order chi connectivity index (χ1) is 12.5. The normalized spacial score (nSPS) is 11.0. The van der Waals surface area contributed by atoms with Crippen LogP contribution in [0.3, 0.4) is 0 Å². The number of aromatic carboxylic acids is 1. The second-order valence-corrected chi connectivity index (χ2v) is 5.66. The summed E-state index contributed by atoms with van der Waals surface area (Å²) in [6.45, 7) is 1.78. The molecule has 0 radical (unpaired) electrons. The van der Waals surface area contributed by atoms with Crippen LogP contribution in [0.2, 0.25) is 0 Å². The Morgan fingerprint density at radius 2 is 1.27 bits per heavy atom. The van der Waals surface area contributed by atoms with Gasteiger partial charge in [-0.05, 0) is 24.1 Å². The molecule has 132 valence electrons. The van der Waals surface area contributed by atoms with Crippen LogP contribution in [0.15, 0.2) is 84.9 Å². The van der Waals surface area contributed by atoms with Crippen molar-refractivity contribution in [1.82, 2.24) is 0 Å². The molecule has 0 aromatic heterocycles. The number of carbonyl (C=O) groups is 2. The zero-order chi connectivity index (χ0) is 18.9. The smallest absolute Gasteiger partial charge is 0.335 e. The third kappa shape index (κ3) is 5.13. The number of aliphatic hydroxyl groups is 1. The lowest BCUT2D eigenvalue weighted by atomic mass is 10.0. The number of benzene rings is 3. The van der Waals surface area contributed by atoms with Crippen LogP contribution < -0.4 is 0 Å². The highest BCUT2D eigenvalue weighted by Gasteiger charge is 2.18. The number of carboxylic acid groups (broad SMARTS) is 1. The molecular formula is C22H20O4. The number of hydrogen-bond donors (Lipinski definition) is 2. The van der Waals surface area contributed by atoms with E-state index in [9.17, 15) is 14.7 Å². The van der Waals surface area contributed by atoms with Gasteiger partial charge in [0.2, 0.25) is 0 Å². The fourth-order valence-electron chi connectivity index (χ4n) is 2.36. The monoisotopic (exact) mass is 348 g/mol. The maximum atomic E-state index is 11.9. The predicted octanol–water partition coefficient (Wildman–Crippen LogP) is 4.30. The van der Waals surface area contributed by atoms with Gasteiger partial charge >= 0.3 is 5.97 Å². The quantitative estimate of drug-likeness (QED) is 0.690. The lowest BCUT2D eigenvalue weighted by Gasteiger charge is -2.09. The van der Waals surface area contributed by atoms with Gasteiger partial charge in [-0.2, -0.15) is 0 Å². The second-order valence-electron chi connectivity index (χ2n) is 5.66. The first-order valence-electron chi connectivity index (χ1n) is 8.12. The number of carboxylic acids is 1. The van der Waals surface area contributed by atoms with Crippen molar-refractivity contribution in [1.29, 1.82) is 0 Å². The van der Waals surface area contributed by atoms with Gasteiger partial charge in [0.25, 0.3) is 0 Å². The lowest BCUT2D eigenvalue weighted by Crippen LogP contribution is -2.11. The summed E-state index contributed by atoms with van der Waals surface area (Å²) in [6, 6.07) is 24.7. The molecule has 0 bridgehead atoms. The molecule has 0 saturated carbocycles. The van der Waals surface area contributed by atoms with Gasteiger partial charge in [0.15, 0.2) is 5.78 Å². The third-order valence-electron chi connectivity index (χ3n) is 3.80. The Hall–Kier alpha value is -3.24. The number of aliphatic hydroxyl groups excluding tert-OH is 1. The van der Waals surface area contributed by atoms with Crippen LogP contribution in [0.5, 0.6) is 0 Å². The standard InChI is InChI=1S/C14H12O2.C8H8O2/c15-13(11-7-3-1-4-8-11)14(16)12-9-5-2-6-10-12;1-6-4-2-3-5-7(6)8(9)10/h1-10,13,15H;2-5H,1H3,(H,9,10). The molecular weight excluding hydrogens is 328 g/mol. The summed E-state index contributed by atoms with van der Waals surface area (Å²) in [7, 11) is 0. The van der Waals surface area contributed by atoms with Crippen LogP contribution in [-0.2, 0) is 0 Å². The van der Waals surface area contributed by atoms with Crippen molar-refractivity contribution in [3.8, 4) is 0 Å². The zero-order valence-electron chi connectivity index (χ0n) is 14.4. The van der Waals surface area contributed by atoms with Crippen molar-refractivity contribution in [2.75, 3.05) is 0 Å². The highest BCUT2D eigenvalue weighted by atomic mass is 16.4. The van der Waals surface area contributed by atoms with Gasteiger partial charge in [-0.25, -0.2) is 4.79 Å². The van der Waals surface area contributed by atoms with Gasteiger partial charge in [0.1, 0.15) is 6.10 Å². The first-order valence-corrected chi connectivity index (χ1v) is 8.12. The molecule has 1 atom stereocenters. The molecule has 0 spiro atoms. The summed E-state index contributed by atoms with van der Waals surface area (Å²) in [5.41, 5.74) is 2.33. The number of rotatable bonds is 4. The van der Waals surface area contributed by atoms with Gasteiger partial charge in [-0.3, -0.25) is 4.79 Å². The summed E-state index contributed by atoms with van der Waals surface area (Å²) in [5, 5.41) is 18.5. The molecule has 0 aliphatic heterocycles. The van der Waals surface area contributed by atoms with Crippen LogP contribution >= 0.6 is 0 Å². The summed E-state index contributed by atoms with van der Waals surface area (Å²) in [5.74, 6) is -1.13. The van der Waals surface area contributed by atoms with Crippen molar-refractivity contribution < 1.29 is 19.8 Å². The number of aryl methyl sites for hydroxylation is 1. The largest absolute Gasteiger partial charge is 0.478 e. The Morgan fingerprint density at radius 1 is 0.769 bits per heavy atom. The number of carbonyl (C=O) groups excluding carboxylic acids is 1. The fraction of sp³-hybridized carbons (Fsp3) is 0.0909. The number of Topliss-reactive ketones (excluding diaryl/α,β-unsaturated/α-hetero) is 1. The van der Waals surface area contributed by atoms with E-state index in [1.807, 2.05) is 18.2 Å². The molecule has 0 saturated heterocycles. The maximum absolute atomic E-state index is 11.9. The number of hydrogen-bond acceptors (Lipinski definition) is 3. The highest BCUT2D eigenvalue weighted by Crippen LogP contribution is 2.17. The second kappa shape index (κ2) is 9.30. The van der Waals surface area contributed by atoms with E-state index in [0.717, 1.165) is 5.56 Å². The molecule has 2 N–H and O–H groups in total. The average molecular weight is 348 g/mol. The molecule has 0 aliphatic carbocycles. The Labute approximate surface area is 152 Å². The Balaban J connectivity index is 0.000000209. The molecule has 0 aliphatic rings. The van der Waals surface area contributed by atoms with Crippen molar-refractivity contribution in [3.63, 3.8) is 0 Å². The van der Waals surface area contributed by atoms with E-state index in [1.165, 1.54) is 0 Å². The van der Waals surface area contributed by atoms with Gasteiger partial charge < -0.3 is 10.2 Å². The molecule has 3 aromatic rings. The molecule has 0 fully saturated rings. The highest BCUT2D eigenvalue weighted by molar-refractivity contribution is 5.99. The van der Waals surface area contributed by atoms with Crippen molar-refractivity contribution in [2.24, 2.45) is 0 Å². The summed E-state index contributed by atoms with van der Waals surface area (Å²) >= 11 is 0. The predicted molar refractivity (Wildman–Crippen MR) is 100 cm³/mol. The number of ketones is 1. The van der Waals surface area contributed by atoms with Crippen molar-refractivity contribution in [3.05, 3.63) is 107 Å². The summed E-state index contributed by atoms with van der Waals surface area (Å²) in [4.78, 5) is 22.3. The van der Waals surface area contributed by atoms with E-state index in [2.05, 4.69) is 0 Å². The maximum Gasteiger partial charge on any atom is 0.335 e. The average Bonchev–Trinajstić information content (AvgIpc) is 2.69. The lowest BCUT2D eigenvalue weighted by molar-refractivity contribution is 0.0695. The molecule has 0 amide bonds. The van der Waals surface area contributed by atoms with Crippen LogP contribution in [-0.4, -0.2) is 22.0 Å². The van der Waals surface area contributed by atoms with E-state index in [4.69, 9.17) is 5.11 Å². The Bertz CT molecular complexity index is 858. The van der Waals surface area contributed by atoms with Crippen LogP contribution in [0.1, 0.15) is 37.9 Å². The van der Waals surface area contributed by atoms with Gasteiger partial charge in [-0.1, -0.05) is 78.9 Å². The van der Waals surface area contributed by atoms with Crippen molar-refractivity contribution in [2.45, 2.75) is 13.0 Å². The summed E-state index contributed by atoms with van der Waals surface area (Å²) < 4.78 is 0. The Kier molecular flexibility index (Phi) is 6.83. The minimum absolute atomic E-state index is 0.271. The molecule has 4 nitrogen and oxygen atoms in total. The van der Waals surface area contributed by atoms with E-state index < -0.39 is 12.1 Å². The topological polar surface area (TPSA) is 74.6 Å². The van der Waals surface area contributed by atoms with Gasteiger partial charge in [0.05, 0.1) is 5.56 Å². The van der Waals surface area contributed by atoms with Crippen LogP contribution in [0, 0.1) is 6.92 Å². The van der Waals surface area contributed by atoms with E-state index in [1.54, 1.807) is 73.7 Å². The van der Waals surface area contributed by atoms with E-state index in [0.29, 0.717) is 16.7 Å². The molecule has 26 heavy (non-hydrogen) atoms.